The molecule has 0 rings (SSSR count). The molecule has 15 heavy (non-hydrogen) atoms. The lowest BCUT2D eigenvalue weighted by Crippen LogP contribution is -2.28. The molecule has 90 valence electrons. The fraction of sp³-hybridized carbons (Fsp3) is 0.909. The lowest BCUT2D eigenvalue weighted by atomic mass is 9.90. The van der Waals surface area contributed by atoms with Crippen molar-refractivity contribution >= 4 is 5.91 Å². The molecule has 0 spiro atoms. The molecule has 2 N–H and O–H groups in total. The molecule has 0 aliphatic rings. The van der Waals surface area contributed by atoms with E-state index in [0.29, 0.717) is 12.0 Å². The molecule has 0 atom stereocenters. The highest BCUT2D eigenvalue weighted by Crippen LogP contribution is 2.21. The second-order valence-electron chi connectivity index (χ2n) is 4.83. The van der Waals surface area contributed by atoms with Crippen LogP contribution in [0.5, 0.6) is 0 Å². The first-order chi connectivity index (χ1) is 6.95. The number of amides is 1. The van der Waals surface area contributed by atoms with Gasteiger partial charge in [-0.25, -0.2) is 0 Å². The third kappa shape index (κ3) is 11.3. The number of ether oxygens (including phenoxy) is 1. The Morgan fingerprint density at radius 1 is 1.33 bits per heavy atom. The minimum absolute atomic E-state index is 0.0378. The van der Waals surface area contributed by atoms with E-state index in [9.17, 15) is 4.79 Å². The van der Waals surface area contributed by atoms with Gasteiger partial charge in [0.2, 0.25) is 5.91 Å². The number of unbranched alkanes of at least 4 members (excludes halogenated alkanes) is 1. The van der Waals surface area contributed by atoms with Gasteiger partial charge in [-0.1, -0.05) is 27.2 Å². The second kappa shape index (κ2) is 7.65. The molecule has 0 aromatic carbocycles. The Hall–Kier alpha value is -0.610. The predicted octanol–water partition coefficient (Wildman–Crippen LogP) is 1.29. The van der Waals surface area contributed by atoms with Gasteiger partial charge in [0.1, 0.15) is 13.3 Å². The Morgan fingerprint density at radius 2 is 2.00 bits per heavy atom. The van der Waals surface area contributed by atoms with E-state index >= 15 is 0 Å². The number of aliphatic hydroxyl groups is 1. The smallest absolute Gasteiger partial charge is 0.247 e. The first-order valence-corrected chi connectivity index (χ1v) is 5.41. The van der Waals surface area contributed by atoms with Gasteiger partial charge in [-0.2, -0.15) is 0 Å². The maximum Gasteiger partial charge on any atom is 0.247 e. The zero-order chi connectivity index (χ0) is 11.7. The Bertz CT molecular complexity index is 175. The van der Waals surface area contributed by atoms with Crippen LogP contribution in [-0.4, -0.2) is 31.0 Å². The summed E-state index contributed by atoms with van der Waals surface area (Å²) >= 11 is 0. The molecule has 4 nitrogen and oxygen atoms in total. The van der Waals surface area contributed by atoms with Gasteiger partial charge in [0, 0.05) is 6.61 Å². The molecule has 0 aliphatic heterocycles. The maximum absolute atomic E-state index is 10.8. The number of hydrogen-bond acceptors (Lipinski definition) is 3. The zero-order valence-electron chi connectivity index (χ0n) is 10.0. The number of carbonyl (C=O) groups excluding carboxylic acids is 1. The Morgan fingerprint density at radius 3 is 2.53 bits per heavy atom. The molecule has 0 saturated heterocycles. The van der Waals surface area contributed by atoms with E-state index in [0.717, 1.165) is 12.8 Å². The van der Waals surface area contributed by atoms with Gasteiger partial charge in [0.05, 0.1) is 0 Å². The van der Waals surface area contributed by atoms with Crippen molar-refractivity contribution in [3.63, 3.8) is 0 Å². The van der Waals surface area contributed by atoms with E-state index in [1.807, 2.05) is 0 Å². The van der Waals surface area contributed by atoms with Crippen molar-refractivity contribution in [2.24, 2.45) is 5.41 Å². The zero-order valence-corrected chi connectivity index (χ0v) is 10.0. The van der Waals surface area contributed by atoms with E-state index in [-0.39, 0.29) is 19.2 Å². The van der Waals surface area contributed by atoms with Crippen LogP contribution in [0.2, 0.25) is 0 Å². The summed E-state index contributed by atoms with van der Waals surface area (Å²) in [5.74, 6) is -0.270. The Labute approximate surface area is 92.0 Å². The summed E-state index contributed by atoms with van der Waals surface area (Å²) in [7, 11) is 0. The van der Waals surface area contributed by atoms with Crippen molar-refractivity contribution in [3.05, 3.63) is 0 Å². The fourth-order valence-electron chi connectivity index (χ4n) is 1.16. The minimum Gasteiger partial charge on any atom is -0.376 e. The third-order valence-electron chi connectivity index (χ3n) is 1.97. The van der Waals surface area contributed by atoms with Crippen LogP contribution in [-0.2, 0) is 9.53 Å². The van der Waals surface area contributed by atoms with Crippen molar-refractivity contribution in [2.45, 2.75) is 40.0 Å². The molecule has 0 radical (unpaired) electrons. The standard InChI is InChI=1S/C11H23NO3/c1-11(2,3)6-4-5-7-15-8-10(14)12-9-13/h13H,4-9H2,1-3H3,(H,12,14). The van der Waals surface area contributed by atoms with Crippen LogP contribution in [0.3, 0.4) is 0 Å². The molecule has 0 fully saturated rings. The average Bonchev–Trinajstić information content (AvgIpc) is 2.09. The first kappa shape index (κ1) is 14.4. The molecular formula is C11H23NO3. The molecule has 0 saturated carbocycles. The van der Waals surface area contributed by atoms with E-state index in [4.69, 9.17) is 9.84 Å². The molecule has 0 aromatic heterocycles. The van der Waals surface area contributed by atoms with Crippen LogP contribution in [0, 0.1) is 5.41 Å². The molecule has 4 heteroatoms. The summed E-state index contributed by atoms with van der Waals surface area (Å²) in [6.07, 6.45) is 3.26. The summed E-state index contributed by atoms with van der Waals surface area (Å²) < 4.78 is 5.14. The molecular weight excluding hydrogens is 194 g/mol. The van der Waals surface area contributed by atoms with Gasteiger partial charge in [-0.15, -0.1) is 0 Å². The molecule has 0 heterocycles. The summed E-state index contributed by atoms with van der Waals surface area (Å²) in [6, 6.07) is 0. The highest BCUT2D eigenvalue weighted by molar-refractivity contribution is 5.76. The molecule has 1 amide bonds. The van der Waals surface area contributed by atoms with E-state index < -0.39 is 0 Å². The fourth-order valence-corrected chi connectivity index (χ4v) is 1.16. The summed E-state index contributed by atoms with van der Waals surface area (Å²) in [5.41, 5.74) is 0.369. The number of hydrogen-bond donors (Lipinski definition) is 2. The van der Waals surface area contributed by atoms with Crippen LogP contribution < -0.4 is 5.32 Å². The van der Waals surface area contributed by atoms with Crippen molar-refractivity contribution in [3.8, 4) is 0 Å². The summed E-state index contributed by atoms with van der Waals surface area (Å²) in [5, 5.41) is 10.6. The quantitative estimate of drug-likeness (QED) is 0.499. The van der Waals surface area contributed by atoms with Crippen LogP contribution >= 0.6 is 0 Å². The summed E-state index contributed by atoms with van der Waals surface area (Å²) in [6.45, 7) is 6.95. The van der Waals surface area contributed by atoms with Gasteiger partial charge in [0.15, 0.2) is 0 Å². The number of nitrogens with one attached hydrogen (secondary N) is 1. The molecule has 0 aliphatic carbocycles. The first-order valence-electron chi connectivity index (χ1n) is 5.41. The minimum atomic E-state index is -0.327. The van der Waals surface area contributed by atoms with E-state index in [2.05, 4.69) is 26.1 Å². The lowest BCUT2D eigenvalue weighted by molar-refractivity contribution is -0.126. The molecule has 0 unspecified atom stereocenters. The van der Waals surface area contributed by atoms with Gasteiger partial charge < -0.3 is 15.2 Å². The van der Waals surface area contributed by atoms with Crippen molar-refractivity contribution < 1.29 is 14.6 Å². The molecule has 0 bridgehead atoms. The van der Waals surface area contributed by atoms with Gasteiger partial charge in [-0.3, -0.25) is 4.79 Å². The average molecular weight is 217 g/mol. The SMILES string of the molecule is CC(C)(C)CCCCOCC(=O)NCO. The maximum atomic E-state index is 10.8. The second-order valence-corrected chi connectivity index (χ2v) is 4.83. The van der Waals surface area contributed by atoms with Crippen LogP contribution in [0.4, 0.5) is 0 Å². The van der Waals surface area contributed by atoms with Gasteiger partial charge >= 0.3 is 0 Å². The van der Waals surface area contributed by atoms with Gasteiger partial charge in [-0.05, 0) is 18.3 Å². The Balaban J connectivity index is 3.22. The number of carbonyl (C=O) groups is 1. The van der Waals surface area contributed by atoms with Crippen molar-refractivity contribution in [1.82, 2.24) is 5.32 Å². The van der Waals surface area contributed by atoms with E-state index in [1.54, 1.807) is 0 Å². The van der Waals surface area contributed by atoms with Crippen LogP contribution in [0.15, 0.2) is 0 Å². The topological polar surface area (TPSA) is 58.6 Å². The van der Waals surface area contributed by atoms with Crippen LogP contribution in [0.1, 0.15) is 40.0 Å². The third-order valence-corrected chi connectivity index (χ3v) is 1.97. The number of rotatable bonds is 7. The van der Waals surface area contributed by atoms with Gasteiger partial charge in [0.25, 0.3) is 0 Å². The summed E-state index contributed by atoms with van der Waals surface area (Å²) in [4.78, 5) is 10.8. The van der Waals surface area contributed by atoms with Crippen molar-refractivity contribution in [1.29, 1.82) is 0 Å². The highest BCUT2D eigenvalue weighted by Gasteiger charge is 2.08. The predicted molar refractivity (Wildman–Crippen MR) is 59.4 cm³/mol. The van der Waals surface area contributed by atoms with Crippen LogP contribution in [0.25, 0.3) is 0 Å². The van der Waals surface area contributed by atoms with Crippen molar-refractivity contribution in [2.75, 3.05) is 19.9 Å². The Kier molecular flexibility index (Phi) is 7.34. The highest BCUT2D eigenvalue weighted by atomic mass is 16.5. The normalized spacial score (nSPS) is 11.5. The molecule has 0 aromatic rings. The monoisotopic (exact) mass is 217 g/mol. The van der Waals surface area contributed by atoms with E-state index in [1.165, 1.54) is 6.42 Å². The number of aliphatic hydroxyl groups excluding tert-OH is 1. The lowest BCUT2D eigenvalue weighted by Gasteiger charge is -2.17. The largest absolute Gasteiger partial charge is 0.376 e.